The van der Waals surface area contributed by atoms with E-state index < -0.39 is 0 Å². The topological polar surface area (TPSA) is 61.4 Å². The molecule has 0 heterocycles. The standard InChI is InChI=1S/C10H22N2O2/c1-3-9(7-13)11-5-6-12-10(4-2)8-14/h7,9-12,14H,3-6,8H2,1-2H3/t9-,10-/m0/s1. The van der Waals surface area contributed by atoms with Crippen LogP contribution in [0.1, 0.15) is 26.7 Å². The van der Waals surface area contributed by atoms with Crippen LogP contribution in [0.3, 0.4) is 0 Å². The normalized spacial score (nSPS) is 15.1. The second-order valence-electron chi connectivity index (χ2n) is 3.35. The summed E-state index contributed by atoms with van der Waals surface area (Å²) in [4.78, 5) is 10.5. The van der Waals surface area contributed by atoms with Crippen molar-refractivity contribution in [2.45, 2.75) is 38.8 Å². The van der Waals surface area contributed by atoms with E-state index in [1.54, 1.807) is 0 Å². The molecule has 0 bridgehead atoms. The zero-order valence-corrected chi connectivity index (χ0v) is 9.12. The zero-order chi connectivity index (χ0) is 10.8. The lowest BCUT2D eigenvalue weighted by Gasteiger charge is -2.15. The third kappa shape index (κ3) is 6.07. The molecule has 0 aromatic heterocycles. The van der Waals surface area contributed by atoms with Gasteiger partial charge in [-0.05, 0) is 12.8 Å². The van der Waals surface area contributed by atoms with Crippen LogP contribution < -0.4 is 10.6 Å². The van der Waals surface area contributed by atoms with Gasteiger partial charge < -0.3 is 20.5 Å². The molecule has 2 atom stereocenters. The van der Waals surface area contributed by atoms with Crippen molar-refractivity contribution < 1.29 is 9.90 Å². The summed E-state index contributed by atoms with van der Waals surface area (Å²) < 4.78 is 0. The fourth-order valence-electron chi connectivity index (χ4n) is 1.16. The Balaban J connectivity index is 3.39. The van der Waals surface area contributed by atoms with Gasteiger partial charge in [0, 0.05) is 19.1 Å². The van der Waals surface area contributed by atoms with E-state index in [2.05, 4.69) is 10.6 Å². The fraction of sp³-hybridized carbons (Fsp3) is 0.900. The number of carbonyl (C=O) groups is 1. The molecular formula is C10H22N2O2. The predicted molar refractivity (Wildman–Crippen MR) is 57.3 cm³/mol. The molecule has 0 rings (SSSR count). The van der Waals surface area contributed by atoms with Gasteiger partial charge in [0.15, 0.2) is 0 Å². The first-order valence-electron chi connectivity index (χ1n) is 5.31. The Morgan fingerprint density at radius 2 is 1.86 bits per heavy atom. The number of aldehydes is 1. The van der Waals surface area contributed by atoms with Crippen molar-refractivity contribution in [3.63, 3.8) is 0 Å². The van der Waals surface area contributed by atoms with Gasteiger partial charge in [0.2, 0.25) is 0 Å². The summed E-state index contributed by atoms with van der Waals surface area (Å²) in [5.41, 5.74) is 0. The summed E-state index contributed by atoms with van der Waals surface area (Å²) in [6, 6.07) is 0.138. The van der Waals surface area contributed by atoms with Crippen molar-refractivity contribution >= 4 is 6.29 Å². The molecule has 0 saturated heterocycles. The van der Waals surface area contributed by atoms with Crippen molar-refractivity contribution in [3.05, 3.63) is 0 Å². The molecule has 14 heavy (non-hydrogen) atoms. The Kier molecular flexibility index (Phi) is 8.83. The van der Waals surface area contributed by atoms with Gasteiger partial charge in [-0.25, -0.2) is 0 Å². The van der Waals surface area contributed by atoms with Crippen LogP contribution in [0.2, 0.25) is 0 Å². The molecule has 0 radical (unpaired) electrons. The number of nitrogens with one attached hydrogen (secondary N) is 2. The van der Waals surface area contributed by atoms with Crippen molar-refractivity contribution in [1.82, 2.24) is 10.6 Å². The van der Waals surface area contributed by atoms with Crippen LogP contribution in [0, 0.1) is 0 Å². The van der Waals surface area contributed by atoms with Crippen LogP contribution in [-0.4, -0.2) is 43.2 Å². The minimum Gasteiger partial charge on any atom is -0.395 e. The third-order valence-corrected chi connectivity index (χ3v) is 2.28. The molecule has 0 fully saturated rings. The molecule has 4 nitrogen and oxygen atoms in total. The largest absolute Gasteiger partial charge is 0.395 e. The van der Waals surface area contributed by atoms with Crippen LogP contribution in [0.4, 0.5) is 0 Å². The Morgan fingerprint density at radius 1 is 1.21 bits per heavy atom. The first-order valence-corrected chi connectivity index (χ1v) is 5.31. The Bertz CT molecular complexity index is 138. The van der Waals surface area contributed by atoms with E-state index >= 15 is 0 Å². The lowest BCUT2D eigenvalue weighted by molar-refractivity contribution is -0.109. The molecule has 0 unspecified atom stereocenters. The van der Waals surface area contributed by atoms with Crippen LogP contribution in [0.5, 0.6) is 0 Å². The number of carbonyl (C=O) groups excluding carboxylic acids is 1. The number of hydrogen-bond acceptors (Lipinski definition) is 4. The van der Waals surface area contributed by atoms with Gasteiger partial charge in [-0.1, -0.05) is 13.8 Å². The zero-order valence-electron chi connectivity index (χ0n) is 9.12. The molecule has 84 valence electrons. The molecule has 0 saturated carbocycles. The van der Waals surface area contributed by atoms with Gasteiger partial charge in [-0.2, -0.15) is 0 Å². The molecule has 0 spiro atoms. The summed E-state index contributed by atoms with van der Waals surface area (Å²) in [6.07, 6.45) is 2.67. The van der Waals surface area contributed by atoms with Crippen LogP contribution in [0.15, 0.2) is 0 Å². The second kappa shape index (κ2) is 9.12. The summed E-state index contributed by atoms with van der Waals surface area (Å²) in [6.45, 7) is 5.71. The quantitative estimate of drug-likeness (QED) is 0.361. The summed E-state index contributed by atoms with van der Waals surface area (Å²) in [5, 5.41) is 15.2. The molecular weight excluding hydrogens is 180 g/mol. The highest BCUT2D eigenvalue weighted by atomic mass is 16.3. The first-order chi connectivity index (χ1) is 6.78. The van der Waals surface area contributed by atoms with E-state index in [0.29, 0.717) is 0 Å². The van der Waals surface area contributed by atoms with Crippen LogP contribution in [-0.2, 0) is 4.79 Å². The van der Waals surface area contributed by atoms with E-state index in [1.807, 2.05) is 13.8 Å². The molecule has 0 aliphatic carbocycles. The fourth-order valence-corrected chi connectivity index (χ4v) is 1.16. The summed E-state index contributed by atoms with van der Waals surface area (Å²) >= 11 is 0. The number of aliphatic hydroxyl groups excluding tert-OH is 1. The number of rotatable bonds is 9. The molecule has 4 heteroatoms. The molecule has 0 aromatic rings. The van der Waals surface area contributed by atoms with Gasteiger partial charge in [-0.15, -0.1) is 0 Å². The second-order valence-corrected chi connectivity index (χ2v) is 3.35. The van der Waals surface area contributed by atoms with E-state index in [4.69, 9.17) is 5.11 Å². The Labute approximate surface area is 86.1 Å². The SMILES string of the molecule is CC[C@@H](CO)NCCN[C@H](C=O)CC. The maximum absolute atomic E-state index is 10.5. The van der Waals surface area contributed by atoms with Crippen LogP contribution >= 0.6 is 0 Å². The average Bonchev–Trinajstić information content (AvgIpc) is 2.24. The molecule has 0 aliphatic heterocycles. The highest BCUT2D eigenvalue weighted by molar-refractivity contribution is 5.57. The maximum Gasteiger partial charge on any atom is 0.136 e. The van der Waals surface area contributed by atoms with Crippen LogP contribution in [0.25, 0.3) is 0 Å². The Morgan fingerprint density at radius 3 is 2.29 bits per heavy atom. The smallest absolute Gasteiger partial charge is 0.136 e. The number of hydrogen-bond donors (Lipinski definition) is 3. The first kappa shape index (κ1) is 13.5. The van der Waals surface area contributed by atoms with Gasteiger partial charge >= 0.3 is 0 Å². The number of aliphatic hydroxyl groups is 1. The van der Waals surface area contributed by atoms with E-state index in [1.165, 1.54) is 0 Å². The van der Waals surface area contributed by atoms with Gasteiger partial charge in [0.1, 0.15) is 6.29 Å². The maximum atomic E-state index is 10.5. The minimum absolute atomic E-state index is 0.0361. The van der Waals surface area contributed by atoms with E-state index in [0.717, 1.165) is 32.2 Å². The monoisotopic (exact) mass is 202 g/mol. The summed E-state index contributed by atoms with van der Waals surface area (Å²) in [5.74, 6) is 0. The molecule has 3 N–H and O–H groups in total. The molecule has 0 aliphatic rings. The van der Waals surface area contributed by atoms with Gasteiger partial charge in [0.25, 0.3) is 0 Å². The predicted octanol–water partition coefficient (Wildman–Crippen LogP) is -0.0860. The highest BCUT2D eigenvalue weighted by Gasteiger charge is 2.04. The summed E-state index contributed by atoms with van der Waals surface area (Å²) in [7, 11) is 0. The van der Waals surface area contributed by atoms with E-state index in [-0.39, 0.29) is 18.7 Å². The molecule has 0 amide bonds. The van der Waals surface area contributed by atoms with Crippen molar-refractivity contribution in [2.24, 2.45) is 0 Å². The lowest BCUT2D eigenvalue weighted by Crippen LogP contribution is -2.40. The van der Waals surface area contributed by atoms with Gasteiger partial charge in [-0.3, -0.25) is 0 Å². The van der Waals surface area contributed by atoms with Crippen molar-refractivity contribution in [3.8, 4) is 0 Å². The average molecular weight is 202 g/mol. The minimum atomic E-state index is -0.0361. The Hall–Kier alpha value is -0.450. The third-order valence-electron chi connectivity index (χ3n) is 2.28. The highest BCUT2D eigenvalue weighted by Crippen LogP contribution is 1.88. The van der Waals surface area contributed by atoms with E-state index in [9.17, 15) is 4.79 Å². The van der Waals surface area contributed by atoms with Crippen molar-refractivity contribution in [2.75, 3.05) is 19.7 Å². The van der Waals surface area contributed by atoms with Crippen molar-refractivity contribution in [1.29, 1.82) is 0 Å². The van der Waals surface area contributed by atoms with Gasteiger partial charge in [0.05, 0.1) is 12.6 Å². The lowest BCUT2D eigenvalue weighted by atomic mass is 10.2. The molecule has 0 aromatic carbocycles.